The summed E-state index contributed by atoms with van der Waals surface area (Å²) in [4.78, 5) is 15.1. The van der Waals surface area contributed by atoms with E-state index in [1.165, 1.54) is 19.2 Å². The van der Waals surface area contributed by atoms with E-state index in [9.17, 15) is 18.0 Å². The molecule has 1 unspecified atom stereocenters. The fourth-order valence-electron chi connectivity index (χ4n) is 1.62. The molecule has 1 aromatic carbocycles. The lowest BCUT2D eigenvalue weighted by Crippen LogP contribution is -2.30. The molecule has 114 valence electrons. The van der Waals surface area contributed by atoms with E-state index in [2.05, 4.69) is 32.4 Å². The van der Waals surface area contributed by atoms with Gasteiger partial charge in [-0.2, -0.15) is 13.2 Å². The summed E-state index contributed by atoms with van der Waals surface area (Å²) in [5, 5.41) is 4.62. The van der Waals surface area contributed by atoms with Crippen LogP contribution in [0.25, 0.3) is 0 Å². The van der Waals surface area contributed by atoms with E-state index in [1.54, 1.807) is 0 Å². The van der Waals surface area contributed by atoms with Gasteiger partial charge in [0, 0.05) is 13.7 Å². The first-order chi connectivity index (χ1) is 9.88. The molecule has 0 aliphatic carbocycles. The molecule has 21 heavy (non-hydrogen) atoms. The van der Waals surface area contributed by atoms with Gasteiger partial charge in [-0.05, 0) is 29.9 Å². The lowest BCUT2D eigenvalue weighted by Gasteiger charge is -2.14. The second-order valence-corrected chi connectivity index (χ2v) is 4.28. The van der Waals surface area contributed by atoms with Crippen molar-refractivity contribution in [3.05, 3.63) is 35.4 Å². The number of hydrogen-bond acceptors (Lipinski definition) is 4. The normalized spacial score (nSPS) is 12.4. The maximum atomic E-state index is 12.7. The number of ether oxygens (including phenoxy) is 1. The van der Waals surface area contributed by atoms with Gasteiger partial charge in [0.2, 0.25) is 5.91 Å². The lowest BCUT2D eigenvalue weighted by atomic mass is 10.0. The molecule has 0 aliphatic rings. The minimum atomic E-state index is -4.44. The SMILES string of the molecule is COCC(=O)NCC(N=C=S)c1cccc(C(F)(F)F)c1. The molecular formula is C13H13F3N2O2S. The molecule has 0 saturated heterocycles. The molecule has 0 bridgehead atoms. The van der Waals surface area contributed by atoms with E-state index >= 15 is 0 Å². The minimum absolute atomic E-state index is 0.00709. The smallest absolute Gasteiger partial charge is 0.375 e. The van der Waals surface area contributed by atoms with Crippen LogP contribution in [0.15, 0.2) is 29.3 Å². The van der Waals surface area contributed by atoms with Crippen LogP contribution in [0.5, 0.6) is 0 Å². The molecule has 1 aromatic rings. The number of alkyl halides is 3. The number of hydrogen-bond donors (Lipinski definition) is 1. The molecule has 1 N–H and O–H groups in total. The number of nitrogens with zero attached hydrogens (tertiary/aromatic N) is 1. The van der Waals surface area contributed by atoms with Crippen molar-refractivity contribution in [2.45, 2.75) is 12.2 Å². The predicted octanol–water partition coefficient (Wildman–Crippen LogP) is 2.61. The van der Waals surface area contributed by atoms with Crippen molar-refractivity contribution in [3.63, 3.8) is 0 Å². The van der Waals surface area contributed by atoms with Crippen LogP contribution in [0.2, 0.25) is 0 Å². The first kappa shape index (κ1) is 17.3. The zero-order valence-corrected chi connectivity index (χ0v) is 11.9. The van der Waals surface area contributed by atoms with Crippen molar-refractivity contribution >= 4 is 23.3 Å². The molecule has 0 saturated carbocycles. The summed E-state index contributed by atoms with van der Waals surface area (Å²) in [6.07, 6.45) is -4.44. The number of benzene rings is 1. The standard InChI is InChI=1S/C13H13F3N2O2S/c1-20-7-12(19)17-6-11(18-8-21)9-3-2-4-10(5-9)13(14,15)16/h2-5,11H,6-7H2,1H3,(H,17,19). The molecule has 0 fully saturated rings. The van der Waals surface area contributed by atoms with Gasteiger partial charge in [0.05, 0.1) is 10.7 Å². The van der Waals surface area contributed by atoms with Crippen molar-refractivity contribution in [2.75, 3.05) is 20.3 Å². The third-order valence-corrected chi connectivity index (χ3v) is 2.68. The summed E-state index contributed by atoms with van der Waals surface area (Å²) in [5.41, 5.74) is -0.493. The fraction of sp³-hybridized carbons (Fsp3) is 0.385. The van der Waals surface area contributed by atoms with Gasteiger partial charge in [0.15, 0.2) is 0 Å². The number of methoxy groups -OCH3 is 1. The Morgan fingerprint density at radius 3 is 2.81 bits per heavy atom. The molecule has 1 atom stereocenters. The Kier molecular flexibility index (Phi) is 6.48. The van der Waals surface area contributed by atoms with Crippen LogP contribution >= 0.6 is 12.2 Å². The average molecular weight is 318 g/mol. The van der Waals surface area contributed by atoms with E-state index in [0.717, 1.165) is 12.1 Å². The highest BCUT2D eigenvalue weighted by molar-refractivity contribution is 7.78. The van der Waals surface area contributed by atoms with Gasteiger partial charge in [-0.25, -0.2) is 4.99 Å². The predicted molar refractivity (Wildman–Crippen MR) is 74.1 cm³/mol. The Morgan fingerprint density at radius 2 is 2.24 bits per heavy atom. The third kappa shape index (κ3) is 5.63. The second kappa shape index (κ2) is 7.87. The van der Waals surface area contributed by atoms with E-state index in [-0.39, 0.29) is 13.2 Å². The zero-order chi connectivity index (χ0) is 15.9. The topological polar surface area (TPSA) is 50.7 Å². The molecule has 4 nitrogen and oxygen atoms in total. The molecule has 1 rings (SSSR count). The van der Waals surface area contributed by atoms with Crippen LogP contribution in [-0.2, 0) is 15.7 Å². The van der Waals surface area contributed by atoms with Crippen LogP contribution in [0.3, 0.4) is 0 Å². The maximum absolute atomic E-state index is 12.7. The highest BCUT2D eigenvalue weighted by Gasteiger charge is 2.31. The molecule has 0 radical (unpaired) electrons. The summed E-state index contributed by atoms with van der Waals surface area (Å²) < 4.78 is 42.7. The van der Waals surface area contributed by atoms with E-state index in [0.29, 0.717) is 5.56 Å². The van der Waals surface area contributed by atoms with Crippen molar-refractivity contribution in [1.29, 1.82) is 0 Å². The van der Waals surface area contributed by atoms with E-state index in [1.807, 2.05) is 0 Å². The third-order valence-electron chi connectivity index (χ3n) is 2.58. The zero-order valence-electron chi connectivity index (χ0n) is 11.1. The Labute approximate surface area is 125 Å². The van der Waals surface area contributed by atoms with Gasteiger partial charge >= 0.3 is 6.18 Å². The summed E-state index contributed by atoms with van der Waals surface area (Å²) in [5.74, 6) is -0.394. The van der Waals surface area contributed by atoms with E-state index in [4.69, 9.17) is 0 Å². The maximum Gasteiger partial charge on any atom is 0.416 e. The first-order valence-corrected chi connectivity index (χ1v) is 6.29. The second-order valence-electron chi connectivity index (χ2n) is 4.10. The number of amides is 1. The largest absolute Gasteiger partial charge is 0.416 e. The minimum Gasteiger partial charge on any atom is -0.375 e. The Bertz CT molecular complexity index is 542. The summed E-state index contributed by atoms with van der Waals surface area (Å²) in [7, 11) is 1.36. The van der Waals surface area contributed by atoms with Gasteiger partial charge in [-0.3, -0.25) is 4.79 Å². The molecule has 1 amide bonds. The van der Waals surface area contributed by atoms with Gasteiger partial charge in [0.25, 0.3) is 0 Å². The van der Waals surface area contributed by atoms with Gasteiger partial charge in [-0.15, -0.1) is 0 Å². The summed E-state index contributed by atoms with van der Waals surface area (Å²) in [6, 6.07) is 3.97. The van der Waals surface area contributed by atoms with Crippen LogP contribution in [0, 0.1) is 0 Å². The number of thiocarbonyl (C=S) groups is 1. The number of aliphatic imine (C=N–C) groups is 1. The number of isothiocyanates is 1. The van der Waals surface area contributed by atoms with Crippen LogP contribution in [-0.4, -0.2) is 31.3 Å². The van der Waals surface area contributed by atoms with Crippen molar-refractivity contribution in [1.82, 2.24) is 5.32 Å². The van der Waals surface area contributed by atoms with Crippen LogP contribution < -0.4 is 5.32 Å². The fourth-order valence-corrected chi connectivity index (χ4v) is 1.74. The lowest BCUT2D eigenvalue weighted by molar-refractivity contribution is -0.137. The molecule has 8 heteroatoms. The van der Waals surface area contributed by atoms with Gasteiger partial charge in [0.1, 0.15) is 12.6 Å². The number of nitrogens with one attached hydrogen (secondary N) is 1. The molecule has 0 aliphatic heterocycles. The first-order valence-electron chi connectivity index (χ1n) is 5.88. The number of halogens is 3. The molecule has 0 aromatic heterocycles. The highest BCUT2D eigenvalue weighted by atomic mass is 32.1. The quantitative estimate of drug-likeness (QED) is 0.648. The van der Waals surface area contributed by atoms with Gasteiger partial charge < -0.3 is 10.1 Å². The number of rotatable bonds is 6. The van der Waals surface area contributed by atoms with Crippen molar-refractivity contribution in [3.8, 4) is 0 Å². The molecule has 0 heterocycles. The van der Waals surface area contributed by atoms with Crippen molar-refractivity contribution in [2.24, 2.45) is 4.99 Å². The Hall–Kier alpha value is -1.76. The summed E-state index contributed by atoms with van der Waals surface area (Å²) in [6.45, 7) is -0.135. The Morgan fingerprint density at radius 1 is 1.52 bits per heavy atom. The Balaban J connectivity index is 2.90. The molecular weight excluding hydrogens is 305 g/mol. The van der Waals surface area contributed by atoms with Crippen LogP contribution in [0.4, 0.5) is 13.2 Å². The monoisotopic (exact) mass is 318 g/mol. The van der Waals surface area contributed by atoms with Gasteiger partial charge in [-0.1, -0.05) is 12.1 Å². The summed E-state index contributed by atoms with van der Waals surface area (Å²) >= 11 is 4.49. The number of carbonyl (C=O) groups excluding carboxylic acids is 1. The molecule has 0 spiro atoms. The van der Waals surface area contributed by atoms with Crippen LogP contribution in [0.1, 0.15) is 17.2 Å². The highest BCUT2D eigenvalue weighted by Crippen LogP contribution is 2.31. The average Bonchev–Trinajstić information content (AvgIpc) is 2.43. The van der Waals surface area contributed by atoms with Crippen molar-refractivity contribution < 1.29 is 22.7 Å². The number of carbonyl (C=O) groups is 1. The van der Waals surface area contributed by atoms with E-state index < -0.39 is 23.7 Å².